The first-order chi connectivity index (χ1) is 7.08. The van der Waals surface area contributed by atoms with Gasteiger partial charge in [-0.3, -0.25) is 4.79 Å². The fraction of sp³-hybridized carbons (Fsp3) is 0.909. The number of hydrogen-bond donors (Lipinski definition) is 2. The lowest BCUT2D eigenvalue weighted by Gasteiger charge is -2.12. The van der Waals surface area contributed by atoms with Gasteiger partial charge in [0.2, 0.25) is 5.91 Å². The molecule has 2 unspecified atom stereocenters. The zero-order valence-electron chi connectivity index (χ0n) is 9.88. The molecule has 15 heavy (non-hydrogen) atoms. The van der Waals surface area contributed by atoms with Crippen molar-refractivity contribution >= 4 is 17.7 Å². The second kappa shape index (κ2) is 6.38. The number of carbonyl (C=O) groups excluding carboxylic acids is 1. The van der Waals surface area contributed by atoms with Gasteiger partial charge in [-0.1, -0.05) is 20.8 Å². The molecule has 0 aromatic heterocycles. The highest BCUT2D eigenvalue weighted by Crippen LogP contribution is 2.25. The van der Waals surface area contributed by atoms with E-state index >= 15 is 0 Å². The Morgan fingerprint density at radius 3 is 2.80 bits per heavy atom. The molecule has 0 aliphatic carbocycles. The maximum atomic E-state index is 11.4. The third-order valence-electron chi connectivity index (χ3n) is 2.46. The van der Waals surface area contributed by atoms with Crippen molar-refractivity contribution in [2.24, 2.45) is 5.92 Å². The van der Waals surface area contributed by atoms with Gasteiger partial charge in [0.15, 0.2) is 0 Å². The van der Waals surface area contributed by atoms with Gasteiger partial charge in [-0.05, 0) is 12.3 Å². The summed E-state index contributed by atoms with van der Waals surface area (Å²) in [6.45, 7) is 7.68. The highest BCUT2D eigenvalue weighted by atomic mass is 32.2. The second-order valence-electron chi connectivity index (χ2n) is 4.66. The number of amides is 1. The molecule has 0 spiro atoms. The molecule has 1 heterocycles. The molecule has 0 aromatic rings. The molecule has 1 rings (SSSR count). The molecule has 0 aromatic carbocycles. The molecule has 88 valence electrons. The van der Waals surface area contributed by atoms with Crippen molar-refractivity contribution in [3.8, 4) is 0 Å². The summed E-state index contributed by atoms with van der Waals surface area (Å²) in [6, 6.07) is 0.523. The largest absolute Gasteiger partial charge is 0.355 e. The number of rotatable bonds is 5. The third kappa shape index (κ3) is 5.42. The summed E-state index contributed by atoms with van der Waals surface area (Å²) >= 11 is 1.98. The van der Waals surface area contributed by atoms with Crippen LogP contribution >= 0.6 is 11.8 Å². The van der Waals surface area contributed by atoms with E-state index in [9.17, 15) is 4.79 Å². The molecule has 1 aliphatic heterocycles. The van der Waals surface area contributed by atoms with Crippen LogP contribution in [0.1, 0.15) is 27.2 Å². The van der Waals surface area contributed by atoms with Crippen LogP contribution in [0, 0.1) is 5.92 Å². The van der Waals surface area contributed by atoms with Gasteiger partial charge in [-0.2, -0.15) is 11.8 Å². The summed E-state index contributed by atoms with van der Waals surface area (Å²) in [5, 5.41) is 6.95. The van der Waals surface area contributed by atoms with Crippen molar-refractivity contribution in [2.75, 3.05) is 18.8 Å². The lowest BCUT2D eigenvalue weighted by Crippen LogP contribution is -2.40. The Kier molecular flexibility index (Phi) is 5.47. The van der Waals surface area contributed by atoms with Crippen LogP contribution < -0.4 is 10.6 Å². The Labute approximate surface area is 96.8 Å². The fourth-order valence-corrected chi connectivity index (χ4v) is 2.76. The smallest absolute Gasteiger partial charge is 0.233 e. The Morgan fingerprint density at radius 1 is 1.53 bits per heavy atom. The zero-order valence-corrected chi connectivity index (χ0v) is 10.7. The molecule has 1 amide bonds. The monoisotopic (exact) mass is 230 g/mol. The quantitative estimate of drug-likeness (QED) is 0.747. The predicted molar refractivity (Wildman–Crippen MR) is 66.2 cm³/mol. The van der Waals surface area contributed by atoms with Crippen molar-refractivity contribution in [3.63, 3.8) is 0 Å². The van der Waals surface area contributed by atoms with Gasteiger partial charge in [-0.25, -0.2) is 0 Å². The van der Waals surface area contributed by atoms with E-state index in [2.05, 4.69) is 31.4 Å². The van der Waals surface area contributed by atoms with Crippen LogP contribution in [-0.2, 0) is 4.79 Å². The van der Waals surface area contributed by atoms with E-state index in [0.29, 0.717) is 18.5 Å². The summed E-state index contributed by atoms with van der Waals surface area (Å²) < 4.78 is 0. The lowest BCUT2D eigenvalue weighted by molar-refractivity contribution is -0.120. The van der Waals surface area contributed by atoms with Crippen LogP contribution in [0.5, 0.6) is 0 Å². The van der Waals surface area contributed by atoms with Gasteiger partial charge in [-0.15, -0.1) is 0 Å². The van der Waals surface area contributed by atoms with Crippen LogP contribution in [0.15, 0.2) is 0 Å². The molecule has 0 saturated carbocycles. The summed E-state index contributed by atoms with van der Waals surface area (Å²) in [6.07, 6.45) is 1.18. The standard InChI is InChI=1S/C11H22N2OS/c1-8(2)5-13-11(14)6-12-10-4-9(3)15-7-10/h8-10,12H,4-7H2,1-3H3,(H,13,14). The van der Waals surface area contributed by atoms with E-state index < -0.39 is 0 Å². The van der Waals surface area contributed by atoms with Gasteiger partial charge in [0.1, 0.15) is 0 Å². The molecule has 1 fully saturated rings. The van der Waals surface area contributed by atoms with Gasteiger partial charge in [0.05, 0.1) is 6.54 Å². The van der Waals surface area contributed by atoms with Crippen LogP contribution in [0.25, 0.3) is 0 Å². The minimum atomic E-state index is 0.119. The zero-order chi connectivity index (χ0) is 11.3. The van der Waals surface area contributed by atoms with Gasteiger partial charge >= 0.3 is 0 Å². The lowest BCUT2D eigenvalue weighted by atomic mass is 10.2. The third-order valence-corrected chi connectivity index (χ3v) is 3.81. The van der Waals surface area contributed by atoms with Gasteiger partial charge < -0.3 is 10.6 Å². The highest BCUT2D eigenvalue weighted by Gasteiger charge is 2.21. The number of nitrogens with one attached hydrogen (secondary N) is 2. The Morgan fingerprint density at radius 2 is 2.27 bits per heavy atom. The summed E-state index contributed by atoms with van der Waals surface area (Å²) in [7, 11) is 0. The van der Waals surface area contributed by atoms with Crippen molar-refractivity contribution in [3.05, 3.63) is 0 Å². The molecule has 2 N–H and O–H groups in total. The second-order valence-corrected chi connectivity index (χ2v) is 6.13. The first-order valence-electron chi connectivity index (χ1n) is 5.69. The van der Waals surface area contributed by atoms with Gasteiger partial charge in [0.25, 0.3) is 0 Å². The molecule has 3 nitrogen and oxygen atoms in total. The minimum Gasteiger partial charge on any atom is -0.355 e. The predicted octanol–water partition coefficient (Wildman–Crippen LogP) is 1.24. The normalized spacial score (nSPS) is 25.9. The van der Waals surface area contributed by atoms with Crippen LogP contribution in [-0.4, -0.2) is 36.0 Å². The first kappa shape index (κ1) is 12.8. The molecule has 2 atom stereocenters. The Hall–Kier alpha value is -0.220. The molecular weight excluding hydrogens is 208 g/mol. The van der Waals surface area contributed by atoms with E-state index in [4.69, 9.17) is 0 Å². The Balaban J connectivity index is 2.06. The molecular formula is C11H22N2OS. The number of hydrogen-bond acceptors (Lipinski definition) is 3. The maximum Gasteiger partial charge on any atom is 0.233 e. The van der Waals surface area contributed by atoms with E-state index in [1.54, 1.807) is 0 Å². The highest BCUT2D eigenvalue weighted by molar-refractivity contribution is 8.00. The van der Waals surface area contributed by atoms with Crippen LogP contribution in [0.2, 0.25) is 0 Å². The number of thioether (sulfide) groups is 1. The minimum absolute atomic E-state index is 0.119. The summed E-state index contributed by atoms with van der Waals surface area (Å²) in [4.78, 5) is 11.4. The van der Waals surface area contributed by atoms with Crippen molar-refractivity contribution in [2.45, 2.75) is 38.5 Å². The van der Waals surface area contributed by atoms with Crippen LogP contribution in [0.3, 0.4) is 0 Å². The average molecular weight is 230 g/mol. The number of carbonyl (C=O) groups is 1. The molecule has 1 aliphatic rings. The SMILES string of the molecule is CC(C)CNC(=O)CNC1CSC(C)C1. The fourth-order valence-electron chi connectivity index (χ4n) is 1.58. The molecule has 0 bridgehead atoms. The Bertz CT molecular complexity index is 209. The molecule has 1 saturated heterocycles. The van der Waals surface area contributed by atoms with E-state index in [1.165, 1.54) is 6.42 Å². The van der Waals surface area contributed by atoms with Crippen molar-refractivity contribution in [1.29, 1.82) is 0 Å². The first-order valence-corrected chi connectivity index (χ1v) is 6.74. The van der Waals surface area contributed by atoms with E-state index in [1.807, 2.05) is 11.8 Å². The molecule has 4 heteroatoms. The average Bonchev–Trinajstić information content (AvgIpc) is 2.58. The van der Waals surface area contributed by atoms with Crippen molar-refractivity contribution in [1.82, 2.24) is 10.6 Å². The topological polar surface area (TPSA) is 41.1 Å². The van der Waals surface area contributed by atoms with E-state index in [-0.39, 0.29) is 5.91 Å². The molecule has 0 radical (unpaired) electrons. The summed E-state index contributed by atoms with van der Waals surface area (Å²) in [5.41, 5.74) is 0. The van der Waals surface area contributed by atoms with Crippen LogP contribution in [0.4, 0.5) is 0 Å². The maximum absolute atomic E-state index is 11.4. The van der Waals surface area contributed by atoms with E-state index in [0.717, 1.165) is 17.5 Å². The summed E-state index contributed by atoms with van der Waals surface area (Å²) in [5.74, 6) is 1.78. The van der Waals surface area contributed by atoms with Gasteiger partial charge in [0, 0.05) is 23.6 Å². The van der Waals surface area contributed by atoms with Crippen molar-refractivity contribution < 1.29 is 4.79 Å².